The largest absolute Gasteiger partial charge is 0.495 e. The summed E-state index contributed by atoms with van der Waals surface area (Å²) in [7, 11) is -2.14. The van der Waals surface area contributed by atoms with E-state index in [-0.39, 0.29) is 10.9 Å². The first-order valence-electron chi connectivity index (χ1n) is 9.82. The molecular weight excluding hydrogens is 358 g/mol. The van der Waals surface area contributed by atoms with Gasteiger partial charge in [0, 0.05) is 6.04 Å². The van der Waals surface area contributed by atoms with Gasteiger partial charge in [0.2, 0.25) is 10.0 Å². The maximum Gasteiger partial charge on any atom is 0.244 e. The number of sulfonamides is 1. The quantitative estimate of drug-likeness (QED) is 0.843. The van der Waals surface area contributed by atoms with E-state index in [1.165, 1.54) is 30.2 Å². The van der Waals surface area contributed by atoms with Crippen LogP contribution in [0.1, 0.15) is 60.0 Å². The van der Waals surface area contributed by atoms with Crippen molar-refractivity contribution in [3.05, 3.63) is 58.1 Å². The van der Waals surface area contributed by atoms with Crippen molar-refractivity contribution in [2.45, 2.75) is 62.8 Å². The molecule has 2 aromatic rings. The summed E-state index contributed by atoms with van der Waals surface area (Å²) in [6, 6.07) is 9.76. The van der Waals surface area contributed by atoms with E-state index in [1.54, 1.807) is 0 Å². The molecule has 2 aliphatic carbocycles. The number of nitrogens with one attached hydrogen (secondary N) is 1. The van der Waals surface area contributed by atoms with Crippen LogP contribution in [0.4, 0.5) is 0 Å². The molecule has 5 heteroatoms. The Balaban J connectivity index is 1.63. The second kappa shape index (κ2) is 7.28. The van der Waals surface area contributed by atoms with E-state index in [4.69, 9.17) is 4.74 Å². The standard InChI is InChI=1S/C22H27NO3S/c1-15(17-11-10-16-8-5-9-18(16)12-17)23-27(24,25)22-14-20-7-4-3-6-19(20)13-21(22)26-2/h10-15,23H,3-9H2,1-2H3. The summed E-state index contributed by atoms with van der Waals surface area (Å²) >= 11 is 0. The van der Waals surface area contributed by atoms with Gasteiger partial charge in [0.25, 0.3) is 0 Å². The van der Waals surface area contributed by atoms with Crippen LogP contribution in [-0.4, -0.2) is 15.5 Å². The van der Waals surface area contributed by atoms with E-state index in [9.17, 15) is 8.42 Å². The number of hydrogen-bond acceptors (Lipinski definition) is 3. The molecular formula is C22H27NO3S. The highest BCUT2D eigenvalue weighted by Crippen LogP contribution is 2.33. The number of benzene rings is 2. The van der Waals surface area contributed by atoms with Crippen LogP contribution >= 0.6 is 0 Å². The fraction of sp³-hybridized carbons (Fsp3) is 0.455. The third-order valence-electron chi connectivity index (χ3n) is 5.87. The van der Waals surface area contributed by atoms with Gasteiger partial charge in [-0.3, -0.25) is 0 Å². The predicted molar refractivity (Wildman–Crippen MR) is 107 cm³/mol. The average Bonchev–Trinajstić information content (AvgIpc) is 3.14. The summed E-state index contributed by atoms with van der Waals surface area (Å²) < 4.78 is 34.5. The van der Waals surface area contributed by atoms with Gasteiger partial charge in [-0.15, -0.1) is 0 Å². The first kappa shape index (κ1) is 18.5. The van der Waals surface area contributed by atoms with E-state index in [2.05, 4.69) is 16.9 Å². The number of ether oxygens (including phenoxy) is 1. The molecule has 0 radical (unpaired) electrons. The van der Waals surface area contributed by atoms with Crippen LogP contribution in [0.25, 0.3) is 0 Å². The van der Waals surface area contributed by atoms with Crippen LogP contribution in [0.3, 0.4) is 0 Å². The molecule has 0 bridgehead atoms. The summed E-state index contributed by atoms with van der Waals surface area (Å²) in [6.07, 6.45) is 7.58. The summed E-state index contributed by atoms with van der Waals surface area (Å²) in [5.41, 5.74) is 6.10. The highest BCUT2D eigenvalue weighted by Gasteiger charge is 2.25. The molecule has 1 unspecified atom stereocenters. The minimum Gasteiger partial charge on any atom is -0.495 e. The molecule has 1 atom stereocenters. The molecule has 2 aromatic carbocycles. The molecule has 0 fully saturated rings. The normalized spacial score (nSPS) is 17.3. The molecule has 0 aromatic heterocycles. The third-order valence-corrected chi connectivity index (χ3v) is 7.43. The van der Waals surface area contributed by atoms with Crippen molar-refractivity contribution in [1.29, 1.82) is 0 Å². The minimum atomic E-state index is -3.67. The topological polar surface area (TPSA) is 55.4 Å². The lowest BCUT2D eigenvalue weighted by atomic mass is 9.92. The lowest BCUT2D eigenvalue weighted by Crippen LogP contribution is -2.27. The molecule has 0 saturated carbocycles. The molecule has 2 aliphatic rings. The fourth-order valence-electron chi connectivity index (χ4n) is 4.34. The smallest absolute Gasteiger partial charge is 0.244 e. The first-order chi connectivity index (χ1) is 13.0. The van der Waals surface area contributed by atoms with Gasteiger partial charge in [-0.25, -0.2) is 13.1 Å². The molecule has 0 saturated heterocycles. The molecule has 4 nitrogen and oxygen atoms in total. The Morgan fingerprint density at radius 2 is 1.52 bits per heavy atom. The maximum absolute atomic E-state index is 13.1. The maximum atomic E-state index is 13.1. The van der Waals surface area contributed by atoms with Crippen molar-refractivity contribution >= 4 is 10.0 Å². The fourth-order valence-corrected chi connectivity index (χ4v) is 5.77. The van der Waals surface area contributed by atoms with Gasteiger partial charge in [-0.1, -0.05) is 18.2 Å². The highest BCUT2D eigenvalue weighted by molar-refractivity contribution is 7.89. The molecule has 144 valence electrons. The second-order valence-electron chi connectivity index (χ2n) is 7.70. The molecule has 1 N–H and O–H groups in total. The van der Waals surface area contributed by atoms with Crippen LogP contribution in [0, 0.1) is 0 Å². The van der Waals surface area contributed by atoms with Gasteiger partial charge in [-0.2, -0.15) is 0 Å². The van der Waals surface area contributed by atoms with Crippen molar-refractivity contribution in [3.8, 4) is 5.75 Å². The Hall–Kier alpha value is -1.85. The number of rotatable bonds is 5. The van der Waals surface area contributed by atoms with Gasteiger partial charge >= 0.3 is 0 Å². The Morgan fingerprint density at radius 1 is 0.889 bits per heavy atom. The Morgan fingerprint density at radius 3 is 2.26 bits per heavy atom. The van der Waals surface area contributed by atoms with Crippen molar-refractivity contribution in [1.82, 2.24) is 4.72 Å². The van der Waals surface area contributed by atoms with Crippen molar-refractivity contribution < 1.29 is 13.2 Å². The molecule has 0 amide bonds. The van der Waals surface area contributed by atoms with E-state index < -0.39 is 10.0 Å². The van der Waals surface area contributed by atoms with Gasteiger partial charge in [0.15, 0.2) is 0 Å². The van der Waals surface area contributed by atoms with Crippen molar-refractivity contribution in [2.24, 2.45) is 0 Å². The van der Waals surface area contributed by atoms with E-state index in [1.807, 2.05) is 25.1 Å². The lowest BCUT2D eigenvalue weighted by Gasteiger charge is -2.21. The van der Waals surface area contributed by atoms with E-state index >= 15 is 0 Å². The Labute approximate surface area is 162 Å². The van der Waals surface area contributed by atoms with Crippen LogP contribution in [0.15, 0.2) is 35.2 Å². The van der Waals surface area contributed by atoms with Crippen LogP contribution < -0.4 is 9.46 Å². The molecule has 0 heterocycles. The number of hydrogen-bond donors (Lipinski definition) is 1. The second-order valence-corrected chi connectivity index (χ2v) is 9.39. The molecule has 0 spiro atoms. The summed E-state index contributed by atoms with van der Waals surface area (Å²) in [5.74, 6) is 0.435. The van der Waals surface area contributed by atoms with Gasteiger partial charge in [0.1, 0.15) is 10.6 Å². The zero-order valence-corrected chi connectivity index (χ0v) is 16.9. The molecule has 0 aliphatic heterocycles. The number of aryl methyl sites for hydroxylation is 4. The zero-order chi connectivity index (χ0) is 19.0. The molecule has 4 rings (SSSR count). The minimum absolute atomic E-state index is 0.249. The third kappa shape index (κ3) is 3.63. The Bertz CT molecular complexity index is 966. The number of methoxy groups -OCH3 is 1. The Kier molecular flexibility index (Phi) is 4.99. The van der Waals surface area contributed by atoms with Crippen LogP contribution in [0.2, 0.25) is 0 Å². The lowest BCUT2D eigenvalue weighted by molar-refractivity contribution is 0.400. The summed E-state index contributed by atoms with van der Waals surface area (Å²) in [6.45, 7) is 1.90. The van der Waals surface area contributed by atoms with Gasteiger partial charge in [0.05, 0.1) is 7.11 Å². The van der Waals surface area contributed by atoms with E-state index in [0.29, 0.717) is 5.75 Å². The van der Waals surface area contributed by atoms with Gasteiger partial charge < -0.3 is 4.74 Å². The first-order valence-corrected chi connectivity index (χ1v) is 11.3. The van der Waals surface area contributed by atoms with Crippen molar-refractivity contribution in [2.75, 3.05) is 7.11 Å². The van der Waals surface area contributed by atoms with E-state index in [0.717, 1.165) is 49.7 Å². The average molecular weight is 386 g/mol. The predicted octanol–water partition coefficient (Wildman–Crippen LogP) is 4.10. The molecule has 27 heavy (non-hydrogen) atoms. The highest BCUT2D eigenvalue weighted by atomic mass is 32.2. The number of fused-ring (bicyclic) bond motifs is 2. The summed E-state index contributed by atoms with van der Waals surface area (Å²) in [4.78, 5) is 0.249. The monoisotopic (exact) mass is 385 g/mol. The van der Waals surface area contributed by atoms with Crippen LogP contribution in [-0.2, 0) is 35.7 Å². The van der Waals surface area contributed by atoms with Crippen LogP contribution in [0.5, 0.6) is 5.75 Å². The summed E-state index contributed by atoms with van der Waals surface area (Å²) in [5, 5.41) is 0. The van der Waals surface area contributed by atoms with Gasteiger partial charge in [-0.05, 0) is 91.8 Å². The van der Waals surface area contributed by atoms with Crippen molar-refractivity contribution in [3.63, 3.8) is 0 Å². The SMILES string of the molecule is COc1cc2c(cc1S(=O)(=O)NC(C)c1ccc3c(c1)CCC3)CCCC2. The zero-order valence-electron chi connectivity index (χ0n) is 16.0.